The molecule has 0 heterocycles. The Hall–Kier alpha value is -2.30. The average molecular weight is 278 g/mol. The zero-order valence-corrected chi connectivity index (χ0v) is 11.6. The Morgan fingerprint density at radius 3 is 2.25 bits per heavy atom. The number of ether oxygens (including phenoxy) is 2. The molecule has 1 aromatic carbocycles. The maximum atomic E-state index is 11.6. The molecule has 20 heavy (non-hydrogen) atoms. The molecule has 1 rings (SSSR count). The Morgan fingerprint density at radius 2 is 1.70 bits per heavy atom. The van der Waals surface area contributed by atoms with E-state index >= 15 is 0 Å². The average Bonchev–Trinajstić information content (AvgIpc) is 2.42. The van der Waals surface area contributed by atoms with Gasteiger partial charge in [-0.25, -0.2) is 9.59 Å². The van der Waals surface area contributed by atoms with Gasteiger partial charge in [0, 0.05) is 5.57 Å². The van der Waals surface area contributed by atoms with Gasteiger partial charge in [0.25, 0.3) is 0 Å². The van der Waals surface area contributed by atoms with Crippen LogP contribution in [0.5, 0.6) is 5.75 Å². The third-order valence-electron chi connectivity index (χ3n) is 2.61. The van der Waals surface area contributed by atoms with Gasteiger partial charge in [0.2, 0.25) is 0 Å². The lowest BCUT2D eigenvalue weighted by Gasteiger charge is -2.09. The molecule has 0 aliphatic heterocycles. The summed E-state index contributed by atoms with van der Waals surface area (Å²) in [7, 11) is 0. The molecule has 0 aliphatic carbocycles. The molecule has 0 atom stereocenters. The van der Waals surface area contributed by atoms with E-state index in [1.807, 2.05) is 13.8 Å². The molecule has 0 saturated carbocycles. The Bertz CT molecular complexity index is 487. The number of esters is 2. The summed E-state index contributed by atoms with van der Waals surface area (Å²) < 4.78 is 9.85. The number of aromatic hydroxyl groups is 1. The SMILES string of the molecule is C=C(C(=O)OCCOC(=O)c1ccc(O)cc1)C(C)C. The minimum Gasteiger partial charge on any atom is -0.508 e. The number of rotatable bonds is 6. The van der Waals surface area contributed by atoms with Gasteiger partial charge in [0.05, 0.1) is 5.56 Å². The minimum atomic E-state index is -0.538. The zero-order valence-electron chi connectivity index (χ0n) is 11.6. The first kappa shape index (κ1) is 15.8. The first-order valence-corrected chi connectivity index (χ1v) is 6.24. The van der Waals surface area contributed by atoms with E-state index in [9.17, 15) is 9.59 Å². The summed E-state index contributed by atoms with van der Waals surface area (Å²) in [5, 5.41) is 9.09. The van der Waals surface area contributed by atoms with E-state index in [0.717, 1.165) is 0 Å². The van der Waals surface area contributed by atoms with E-state index in [2.05, 4.69) is 6.58 Å². The van der Waals surface area contributed by atoms with Crippen LogP contribution in [0.1, 0.15) is 24.2 Å². The summed E-state index contributed by atoms with van der Waals surface area (Å²) in [5.41, 5.74) is 0.704. The highest BCUT2D eigenvalue weighted by molar-refractivity contribution is 5.89. The number of benzene rings is 1. The number of carbonyl (C=O) groups excluding carboxylic acids is 2. The first-order chi connectivity index (χ1) is 9.41. The molecule has 0 unspecified atom stereocenters. The van der Waals surface area contributed by atoms with Crippen LogP contribution in [-0.2, 0) is 14.3 Å². The summed E-state index contributed by atoms with van der Waals surface area (Å²) >= 11 is 0. The van der Waals surface area contributed by atoms with Crippen molar-refractivity contribution in [2.45, 2.75) is 13.8 Å². The van der Waals surface area contributed by atoms with Crippen LogP contribution in [0.3, 0.4) is 0 Å². The lowest BCUT2D eigenvalue weighted by Crippen LogP contribution is -2.16. The highest BCUT2D eigenvalue weighted by atomic mass is 16.6. The fraction of sp³-hybridized carbons (Fsp3) is 0.333. The van der Waals surface area contributed by atoms with E-state index in [1.165, 1.54) is 24.3 Å². The predicted molar refractivity (Wildman–Crippen MR) is 73.3 cm³/mol. The maximum absolute atomic E-state index is 11.6. The van der Waals surface area contributed by atoms with Crippen molar-refractivity contribution in [2.75, 3.05) is 13.2 Å². The minimum absolute atomic E-state index is 0.0158. The highest BCUT2D eigenvalue weighted by Gasteiger charge is 2.12. The van der Waals surface area contributed by atoms with Crippen LogP contribution in [0, 0.1) is 5.92 Å². The predicted octanol–water partition coefficient (Wildman–Crippen LogP) is 2.30. The Labute approximate surface area is 117 Å². The van der Waals surface area contributed by atoms with Gasteiger partial charge in [-0.3, -0.25) is 0 Å². The van der Waals surface area contributed by atoms with E-state index < -0.39 is 11.9 Å². The summed E-state index contributed by atoms with van der Waals surface area (Å²) in [5.74, 6) is -0.936. The number of carbonyl (C=O) groups is 2. The van der Waals surface area contributed by atoms with Gasteiger partial charge in [-0.1, -0.05) is 20.4 Å². The van der Waals surface area contributed by atoms with Crippen molar-refractivity contribution in [1.29, 1.82) is 0 Å². The fourth-order valence-corrected chi connectivity index (χ4v) is 1.28. The second-order valence-electron chi connectivity index (χ2n) is 4.50. The lowest BCUT2D eigenvalue weighted by molar-refractivity contribution is -0.140. The molecule has 0 amide bonds. The monoisotopic (exact) mass is 278 g/mol. The smallest absolute Gasteiger partial charge is 0.338 e. The van der Waals surface area contributed by atoms with Gasteiger partial charge in [-0.2, -0.15) is 0 Å². The van der Waals surface area contributed by atoms with Gasteiger partial charge in [-0.15, -0.1) is 0 Å². The van der Waals surface area contributed by atoms with Gasteiger partial charge >= 0.3 is 11.9 Å². The topological polar surface area (TPSA) is 72.8 Å². The molecule has 5 heteroatoms. The van der Waals surface area contributed by atoms with Crippen LogP contribution in [0.25, 0.3) is 0 Å². The molecule has 0 aromatic heterocycles. The van der Waals surface area contributed by atoms with E-state index in [0.29, 0.717) is 11.1 Å². The molecule has 0 radical (unpaired) electrons. The summed E-state index contributed by atoms with van der Waals surface area (Å²) in [6.45, 7) is 7.25. The molecule has 108 valence electrons. The second kappa shape index (κ2) is 7.33. The molecule has 0 aliphatic rings. The van der Waals surface area contributed by atoms with Gasteiger partial charge in [0.1, 0.15) is 19.0 Å². The lowest BCUT2D eigenvalue weighted by atomic mass is 10.1. The normalized spacial score (nSPS) is 10.2. The quantitative estimate of drug-likeness (QED) is 0.491. The van der Waals surface area contributed by atoms with E-state index in [-0.39, 0.29) is 24.9 Å². The van der Waals surface area contributed by atoms with Crippen molar-refractivity contribution < 1.29 is 24.2 Å². The number of hydrogen-bond donors (Lipinski definition) is 1. The number of phenolic OH excluding ortho intramolecular Hbond substituents is 1. The second-order valence-corrected chi connectivity index (χ2v) is 4.50. The van der Waals surface area contributed by atoms with Crippen molar-refractivity contribution in [2.24, 2.45) is 5.92 Å². The third kappa shape index (κ3) is 4.76. The first-order valence-electron chi connectivity index (χ1n) is 6.24. The van der Waals surface area contributed by atoms with Crippen molar-refractivity contribution in [1.82, 2.24) is 0 Å². The van der Waals surface area contributed by atoms with Crippen molar-refractivity contribution in [3.8, 4) is 5.75 Å². The summed E-state index contributed by atoms with van der Waals surface area (Å²) in [6.07, 6.45) is 0. The van der Waals surface area contributed by atoms with E-state index in [4.69, 9.17) is 14.6 Å². The molecular formula is C15H18O5. The van der Waals surface area contributed by atoms with Crippen LogP contribution in [0.2, 0.25) is 0 Å². The number of phenols is 1. The molecule has 1 N–H and O–H groups in total. The fourth-order valence-electron chi connectivity index (χ4n) is 1.28. The van der Waals surface area contributed by atoms with Crippen LogP contribution in [-0.4, -0.2) is 30.3 Å². The molecule has 0 spiro atoms. The van der Waals surface area contributed by atoms with Crippen molar-refractivity contribution in [3.05, 3.63) is 42.0 Å². The Balaban J connectivity index is 2.31. The van der Waals surface area contributed by atoms with Crippen LogP contribution in [0.15, 0.2) is 36.4 Å². The molecule has 0 bridgehead atoms. The van der Waals surface area contributed by atoms with Gasteiger partial charge in [0.15, 0.2) is 0 Å². The van der Waals surface area contributed by atoms with Gasteiger partial charge < -0.3 is 14.6 Å². The van der Waals surface area contributed by atoms with Crippen LogP contribution < -0.4 is 0 Å². The Kier molecular flexibility index (Phi) is 5.77. The molecule has 5 nitrogen and oxygen atoms in total. The van der Waals surface area contributed by atoms with Crippen LogP contribution in [0.4, 0.5) is 0 Å². The van der Waals surface area contributed by atoms with Crippen molar-refractivity contribution >= 4 is 11.9 Å². The standard InChI is InChI=1S/C15H18O5/c1-10(2)11(3)14(17)19-8-9-20-15(18)12-4-6-13(16)7-5-12/h4-7,10,16H,3,8-9H2,1-2H3. The third-order valence-corrected chi connectivity index (χ3v) is 2.61. The number of hydrogen-bond acceptors (Lipinski definition) is 5. The van der Waals surface area contributed by atoms with Crippen LogP contribution >= 0.6 is 0 Å². The van der Waals surface area contributed by atoms with Gasteiger partial charge in [-0.05, 0) is 30.2 Å². The molecule has 0 fully saturated rings. The molecular weight excluding hydrogens is 260 g/mol. The van der Waals surface area contributed by atoms with Crippen molar-refractivity contribution in [3.63, 3.8) is 0 Å². The largest absolute Gasteiger partial charge is 0.508 e. The zero-order chi connectivity index (χ0) is 15.1. The molecule has 0 saturated heterocycles. The highest BCUT2D eigenvalue weighted by Crippen LogP contribution is 2.11. The summed E-state index contributed by atoms with van der Waals surface area (Å²) in [4.78, 5) is 23.0. The molecule has 1 aromatic rings. The summed E-state index contributed by atoms with van der Waals surface area (Å²) in [6, 6.07) is 5.68. The Morgan fingerprint density at radius 1 is 1.15 bits per heavy atom. The van der Waals surface area contributed by atoms with E-state index in [1.54, 1.807) is 0 Å². The maximum Gasteiger partial charge on any atom is 0.338 e.